The average molecular weight is 475 g/mol. The third-order valence-electron chi connectivity index (χ3n) is 5.16. The first-order valence-corrected chi connectivity index (χ1v) is 9.90. The summed E-state index contributed by atoms with van der Waals surface area (Å²) < 4.78 is 4.96. The zero-order chi connectivity index (χ0) is 25.3. The van der Waals surface area contributed by atoms with Gasteiger partial charge in [-0.05, 0) is 30.3 Å². The average Bonchev–Trinajstić information content (AvgIpc) is 3.12. The summed E-state index contributed by atoms with van der Waals surface area (Å²) in [6.07, 6.45) is 0. The van der Waals surface area contributed by atoms with Crippen molar-refractivity contribution < 1.29 is 33.8 Å². The molecule has 0 unspecified atom stereocenters. The number of esters is 1. The lowest BCUT2D eigenvalue weighted by Gasteiger charge is -2.14. The highest BCUT2D eigenvalue weighted by molar-refractivity contribution is 6.35. The number of hydrogen-bond donors (Lipinski definition) is 0. The maximum absolute atomic E-state index is 12.8. The molecule has 0 atom stereocenters. The number of nitro benzene ring substituents is 2. The molecule has 3 aromatic carbocycles. The van der Waals surface area contributed by atoms with Gasteiger partial charge in [-0.1, -0.05) is 18.2 Å². The van der Waals surface area contributed by atoms with Gasteiger partial charge in [-0.25, -0.2) is 9.69 Å². The van der Waals surface area contributed by atoms with Gasteiger partial charge < -0.3 is 4.74 Å². The van der Waals surface area contributed by atoms with E-state index in [1.807, 2.05) is 0 Å². The number of non-ortho nitro benzene ring substituents is 1. The monoisotopic (exact) mass is 475 g/mol. The van der Waals surface area contributed by atoms with Gasteiger partial charge in [0.1, 0.15) is 5.56 Å². The Hall–Kier alpha value is -5.26. The maximum Gasteiger partial charge on any atom is 0.338 e. The van der Waals surface area contributed by atoms with E-state index in [1.165, 1.54) is 54.6 Å². The highest BCUT2D eigenvalue weighted by atomic mass is 16.6. The van der Waals surface area contributed by atoms with Gasteiger partial charge in [0, 0.05) is 23.8 Å². The molecule has 12 nitrogen and oxygen atoms in total. The van der Waals surface area contributed by atoms with Crippen molar-refractivity contribution in [2.75, 3.05) is 11.5 Å². The van der Waals surface area contributed by atoms with Gasteiger partial charge in [0.05, 0.1) is 26.7 Å². The molecule has 174 valence electrons. The molecule has 0 bridgehead atoms. The van der Waals surface area contributed by atoms with Gasteiger partial charge in [0.25, 0.3) is 23.2 Å². The van der Waals surface area contributed by atoms with E-state index in [-0.39, 0.29) is 33.6 Å². The predicted molar refractivity (Wildman–Crippen MR) is 118 cm³/mol. The number of nitrogens with zero attached hydrogens (tertiary/aromatic N) is 3. The number of ether oxygens (including phenoxy) is 1. The normalized spacial score (nSPS) is 12.3. The number of hydrogen-bond acceptors (Lipinski definition) is 9. The molecule has 1 heterocycles. The summed E-state index contributed by atoms with van der Waals surface area (Å²) in [4.78, 5) is 71.4. The highest BCUT2D eigenvalue weighted by Gasteiger charge is 2.41. The number of Topliss-reactive ketones (excluding diaryl/α,β-unsaturated/α-hetero) is 1. The lowest BCUT2D eigenvalue weighted by atomic mass is 10.1. The number of ketones is 1. The second-order valence-corrected chi connectivity index (χ2v) is 7.26. The third-order valence-corrected chi connectivity index (χ3v) is 5.16. The summed E-state index contributed by atoms with van der Waals surface area (Å²) in [5, 5.41) is 22.1. The van der Waals surface area contributed by atoms with Crippen LogP contribution in [0, 0.1) is 20.2 Å². The number of fused-ring (bicyclic) bond motifs is 1. The minimum absolute atomic E-state index is 0.00191. The van der Waals surface area contributed by atoms with Gasteiger partial charge >= 0.3 is 5.97 Å². The number of imide groups is 1. The summed E-state index contributed by atoms with van der Waals surface area (Å²) in [5.41, 5.74) is -1.11. The van der Waals surface area contributed by atoms with Crippen molar-refractivity contribution in [1.29, 1.82) is 0 Å². The van der Waals surface area contributed by atoms with Crippen LogP contribution in [-0.2, 0) is 4.74 Å². The summed E-state index contributed by atoms with van der Waals surface area (Å²) in [6.45, 7) is -0.663. The molecule has 0 radical (unpaired) electrons. The molecule has 0 fully saturated rings. The Morgan fingerprint density at radius 2 is 1.51 bits per heavy atom. The Kier molecular flexibility index (Phi) is 5.85. The summed E-state index contributed by atoms with van der Waals surface area (Å²) in [7, 11) is 0. The minimum atomic E-state index is -0.881. The number of rotatable bonds is 7. The first-order valence-electron chi connectivity index (χ1n) is 9.90. The summed E-state index contributed by atoms with van der Waals surface area (Å²) in [5.74, 6) is -3.14. The van der Waals surface area contributed by atoms with Crippen molar-refractivity contribution in [2.24, 2.45) is 0 Å². The van der Waals surface area contributed by atoms with Crippen molar-refractivity contribution in [3.05, 3.63) is 109 Å². The third kappa shape index (κ3) is 4.23. The van der Waals surface area contributed by atoms with Crippen LogP contribution in [0.1, 0.15) is 41.4 Å². The molecule has 0 saturated carbocycles. The largest absolute Gasteiger partial charge is 0.454 e. The number of carbonyl (C=O) groups excluding carboxylic acids is 4. The van der Waals surface area contributed by atoms with Crippen LogP contribution in [0.5, 0.6) is 0 Å². The lowest BCUT2D eigenvalue weighted by molar-refractivity contribution is -0.385. The molecule has 0 aliphatic carbocycles. The SMILES string of the molecule is O=C(COC(=O)c1ccc(N2C(=O)c3cccc([N+](=O)[O-])c3C2=O)cc1)c1cccc([N+](=O)[O-])c1. The fraction of sp³-hybridized carbons (Fsp3) is 0.0435. The van der Waals surface area contributed by atoms with Crippen molar-refractivity contribution in [3.8, 4) is 0 Å². The lowest BCUT2D eigenvalue weighted by Crippen LogP contribution is -2.29. The van der Waals surface area contributed by atoms with E-state index >= 15 is 0 Å². The van der Waals surface area contributed by atoms with Crippen LogP contribution in [0.15, 0.2) is 66.7 Å². The van der Waals surface area contributed by atoms with Crippen LogP contribution in [0.2, 0.25) is 0 Å². The number of nitro groups is 2. The van der Waals surface area contributed by atoms with Gasteiger partial charge in [0.15, 0.2) is 6.61 Å². The van der Waals surface area contributed by atoms with E-state index in [4.69, 9.17) is 4.74 Å². The molecule has 0 saturated heterocycles. The first kappa shape index (κ1) is 22.9. The van der Waals surface area contributed by atoms with Crippen molar-refractivity contribution in [1.82, 2.24) is 0 Å². The van der Waals surface area contributed by atoms with Gasteiger partial charge in [-0.3, -0.25) is 34.6 Å². The number of amides is 2. The number of anilines is 1. The van der Waals surface area contributed by atoms with Crippen LogP contribution in [-0.4, -0.2) is 40.0 Å². The molecule has 3 aromatic rings. The van der Waals surface area contributed by atoms with Crippen LogP contribution in [0.25, 0.3) is 0 Å². The molecule has 0 spiro atoms. The van der Waals surface area contributed by atoms with Gasteiger partial charge in [-0.15, -0.1) is 0 Å². The molecular weight excluding hydrogens is 462 g/mol. The Balaban J connectivity index is 1.46. The zero-order valence-corrected chi connectivity index (χ0v) is 17.6. The first-order chi connectivity index (χ1) is 16.7. The molecular formula is C23H13N3O9. The summed E-state index contributed by atoms with van der Waals surface area (Å²) >= 11 is 0. The van der Waals surface area contributed by atoms with Crippen molar-refractivity contribution in [3.63, 3.8) is 0 Å². The van der Waals surface area contributed by atoms with E-state index in [0.29, 0.717) is 0 Å². The molecule has 4 rings (SSSR count). The smallest absolute Gasteiger partial charge is 0.338 e. The Morgan fingerprint density at radius 1 is 0.829 bits per heavy atom. The topological polar surface area (TPSA) is 167 Å². The molecule has 1 aliphatic rings. The van der Waals surface area contributed by atoms with Crippen molar-refractivity contribution >= 4 is 40.6 Å². The Bertz CT molecular complexity index is 1430. The van der Waals surface area contributed by atoms with Gasteiger partial charge in [0.2, 0.25) is 5.78 Å². The molecule has 2 amide bonds. The predicted octanol–water partition coefficient (Wildman–Crippen LogP) is 3.34. The fourth-order valence-corrected chi connectivity index (χ4v) is 3.49. The van der Waals surface area contributed by atoms with E-state index in [0.717, 1.165) is 17.0 Å². The number of carbonyl (C=O) groups is 4. The Morgan fingerprint density at radius 3 is 2.17 bits per heavy atom. The maximum atomic E-state index is 12.8. The van der Waals surface area contributed by atoms with Crippen molar-refractivity contribution in [2.45, 2.75) is 0 Å². The standard InChI is InChI=1S/C23H13N3O9/c27-19(14-3-1-4-16(11-14)25(31)32)12-35-23(30)13-7-9-15(10-8-13)24-21(28)17-5-2-6-18(26(33)34)20(17)22(24)29/h1-11H,12H2. The molecule has 1 aliphatic heterocycles. The molecule has 12 heteroatoms. The van der Waals surface area contributed by atoms with Crippen LogP contribution in [0.3, 0.4) is 0 Å². The quantitative estimate of drug-likeness (QED) is 0.164. The second-order valence-electron chi connectivity index (χ2n) is 7.26. The fourth-order valence-electron chi connectivity index (χ4n) is 3.49. The van der Waals surface area contributed by atoms with Gasteiger partial charge in [-0.2, -0.15) is 0 Å². The van der Waals surface area contributed by atoms with E-state index in [1.54, 1.807) is 0 Å². The van der Waals surface area contributed by atoms with E-state index in [2.05, 4.69) is 0 Å². The minimum Gasteiger partial charge on any atom is -0.454 e. The zero-order valence-electron chi connectivity index (χ0n) is 17.6. The van der Waals surface area contributed by atoms with Crippen LogP contribution in [0.4, 0.5) is 17.1 Å². The van der Waals surface area contributed by atoms with E-state index in [9.17, 15) is 39.4 Å². The molecule has 35 heavy (non-hydrogen) atoms. The molecule has 0 N–H and O–H groups in total. The number of benzene rings is 3. The van der Waals surface area contributed by atoms with Crippen LogP contribution < -0.4 is 4.90 Å². The molecule has 0 aromatic heterocycles. The van der Waals surface area contributed by atoms with E-state index < -0.39 is 45.7 Å². The second kappa shape index (κ2) is 8.94. The van der Waals surface area contributed by atoms with Crippen LogP contribution >= 0.6 is 0 Å². The Labute approximate surface area is 195 Å². The highest BCUT2D eigenvalue weighted by Crippen LogP contribution is 2.33. The summed E-state index contributed by atoms with van der Waals surface area (Å²) in [6, 6.07) is 13.8.